The van der Waals surface area contributed by atoms with Gasteiger partial charge in [0.2, 0.25) is 0 Å². The van der Waals surface area contributed by atoms with Crippen LogP contribution in [0, 0.1) is 13.8 Å². The van der Waals surface area contributed by atoms with E-state index in [1.54, 1.807) is 19.0 Å². The Morgan fingerprint density at radius 1 is 1.25 bits per heavy atom. The van der Waals surface area contributed by atoms with Crippen molar-refractivity contribution in [2.45, 2.75) is 27.7 Å². The first kappa shape index (κ1) is 12.9. The van der Waals surface area contributed by atoms with Crippen LogP contribution in [0.2, 0.25) is 0 Å². The van der Waals surface area contributed by atoms with Crippen molar-refractivity contribution in [3.8, 4) is 0 Å². The number of aliphatic imine (C=N–C) groups is 1. The van der Waals surface area contributed by atoms with Gasteiger partial charge in [-0.05, 0) is 33.3 Å². The highest BCUT2D eigenvalue weighted by Gasteiger charge is 2.18. The summed E-state index contributed by atoms with van der Waals surface area (Å²) in [6, 6.07) is 0. The fourth-order valence-corrected chi connectivity index (χ4v) is 2.56. The molecular formula is C12H18N2OS. The summed E-state index contributed by atoms with van der Waals surface area (Å²) < 4.78 is 0. The van der Waals surface area contributed by atoms with Crippen molar-refractivity contribution in [2.75, 3.05) is 14.1 Å². The van der Waals surface area contributed by atoms with Crippen LogP contribution in [-0.4, -0.2) is 30.6 Å². The topological polar surface area (TPSA) is 32.7 Å². The molecule has 1 aromatic rings. The van der Waals surface area contributed by atoms with E-state index in [1.807, 2.05) is 27.7 Å². The summed E-state index contributed by atoms with van der Waals surface area (Å²) in [5.41, 5.74) is 2.95. The van der Waals surface area contributed by atoms with Crippen molar-refractivity contribution in [3.63, 3.8) is 0 Å². The number of amides is 1. The Bertz CT molecular complexity index is 440. The van der Waals surface area contributed by atoms with E-state index in [0.717, 1.165) is 26.7 Å². The molecule has 16 heavy (non-hydrogen) atoms. The molecule has 1 heterocycles. The highest BCUT2D eigenvalue weighted by Crippen LogP contribution is 2.35. The summed E-state index contributed by atoms with van der Waals surface area (Å²) in [4.78, 5) is 19.9. The van der Waals surface area contributed by atoms with Gasteiger partial charge in [0, 0.05) is 24.7 Å². The number of hydrogen-bond acceptors (Lipinski definition) is 3. The second-order valence-electron chi connectivity index (χ2n) is 4.22. The average molecular weight is 238 g/mol. The van der Waals surface area contributed by atoms with Gasteiger partial charge in [0.15, 0.2) is 0 Å². The molecule has 0 aliphatic heterocycles. The van der Waals surface area contributed by atoms with Gasteiger partial charge in [0.1, 0.15) is 0 Å². The lowest BCUT2D eigenvalue weighted by Crippen LogP contribution is -2.21. The second kappa shape index (κ2) is 4.78. The molecule has 0 aliphatic carbocycles. The molecule has 0 spiro atoms. The Hall–Kier alpha value is -1.16. The average Bonchev–Trinajstić information content (AvgIpc) is 2.44. The minimum absolute atomic E-state index is 0.0563. The summed E-state index contributed by atoms with van der Waals surface area (Å²) in [6.07, 6.45) is 0. The van der Waals surface area contributed by atoms with Crippen LogP contribution >= 0.6 is 11.3 Å². The lowest BCUT2D eigenvalue weighted by Gasteiger charge is -2.08. The molecule has 0 aliphatic rings. The van der Waals surface area contributed by atoms with Gasteiger partial charge < -0.3 is 4.90 Å². The van der Waals surface area contributed by atoms with E-state index in [-0.39, 0.29) is 5.91 Å². The lowest BCUT2D eigenvalue weighted by atomic mass is 10.2. The molecule has 0 unspecified atom stereocenters. The zero-order valence-corrected chi connectivity index (χ0v) is 11.5. The van der Waals surface area contributed by atoms with E-state index in [9.17, 15) is 4.79 Å². The first-order valence-corrected chi connectivity index (χ1v) is 5.99. The predicted molar refractivity (Wildman–Crippen MR) is 70.3 cm³/mol. The van der Waals surface area contributed by atoms with E-state index in [0.29, 0.717) is 0 Å². The summed E-state index contributed by atoms with van der Waals surface area (Å²) in [5.74, 6) is 0.0563. The SMILES string of the molecule is CC(C)=Nc1c(C)sc(C(=O)N(C)C)c1C. The van der Waals surface area contributed by atoms with Crippen molar-refractivity contribution in [1.29, 1.82) is 0 Å². The van der Waals surface area contributed by atoms with E-state index in [2.05, 4.69) is 4.99 Å². The van der Waals surface area contributed by atoms with Crippen LogP contribution in [0.4, 0.5) is 5.69 Å². The number of carbonyl (C=O) groups is 1. The van der Waals surface area contributed by atoms with E-state index >= 15 is 0 Å². The summed E-state index contributed by atoms with van der Waals surface area (Å²) >= 11 is 1.52. The Kier molecular flexibility index (Phi) is 3.86. The Morgan fingerprint density at radius 2 is 1.81 bits per heavy atom. The highest BCUT2D eigenvalue weighted by atomic mass is 32.1. The summed E-state index contributed by atoms with van der Waals surface area (Å²) in [5, 5.41) is 0. The minimum Gasteiger partial charge on any atom is -0.344 e. The molecule has 4 heteroatoms. The van der Waals surface area contributed by atoms with Crippen LogP contribution in [0.1, 0.15) is 34.0 Å². The Labute approximate surface area is 101 Å². The van der Waals surface area contributed by atoms with Gasteiger partial charge in [0.05, 0.1) is 10.6 Å². The molecule has 0 radical (unpaired) electrons. The monoisotopic (exact) mass is 238 g/mol. The third-order valence-electron chi connectivity index (χ3n) is 2.22. The molecule has 0 atom stereocenters. The molecule has 88 valence electrons. The largest absolute Gasteiger partial charge is 0.344 e. The molecule has 0 saturated heterocycles. The smallest absolute Gasteiger partial charge is 0.263 e. The molecule has 0 fully saturated rings. The maximum absolute atomic E-state index is 11.9. The van der Waals surface area contributed by atoms with Crippen molar-refractivity contribution in [3.05, 3.63) is 15.3 Å². The molecule has 0 bridgehead atoms. The lowest BCUT2D eigenvalue weighted by molar-refractivity contribution is 0.0831. The van der Waals surface area contributed by atoms with E-state index in [4.69, 9.17) is 0 Å². The number of thiophene rings is 1. The van der Waals surface area contributed by atoms with Crippen LogP contribution in [0.5, 0.6) is 0 Å². The van der Waals surface area contributed by atoms with Gasteiger partial charge in [-0.3, -0.25) is 9.79 Å². The van der Waals surface area contributed by atoms with Crippen LogP contribution in [0.15, 0.2) is 4.99 Å². The first-order valence-electron chi connectivity index (χ1n) is 5.18. The quantitative estimate of drug-likeness (QED) is 0.728. The van der Waals surface area contributed by atoms with Crippen LogP contribution in [0.25, 0.3) is 0 Å². The molecule has 0 N–H and O–H groups in total. The maximum Gasteiger partial charge on any atom is 0.263 e. The van der Waals surface area contributed by atoms with Crippen molar-refractivity contribution < 1.29 is 4.79 Å². The van der Waals surface area contributed by atoms with Gasteiger partial charge in [0.25, 0.3) is 5.91 Å². The van der Waals surface area contributed by atoms with E-state index < -0.39 is 0 Å². The van der Waals surface area contributed by atoms with Crippen LogP contribution in [-0.2, 0) is 0 Å². The third kappa shape index (κ3) is 2.50. The van der Waals surface area contributed by atoms with Gasteiger partial charge in [-0.25, -0.2) is 0 Å². The van der Waals surface area contributed by atoms with Gasteiger partial charge >= 0.3 is 0 Å². The molecule has 3 nitrogen and oxygen atoms in total. The first-order chi connectivity index (χ1) is 7.34. The number of carbonyl (C=O) groups excluding carboxylic acids is 1. The van der Waals surface area contributed by atoms with Crippen LogP contribution in [0.3, 0.4) is 0 Å². The second-order valence-corrected chi connectivity index (χ2v) is 5.44. The molecule has 1 rings (SSSR count). The summed E-state index contributed by atoms with van der Waals surface area (Å²) in [6.45, 7) is 7.89. The Morgan fingerprint density at radius 3 is 2.25 bits per heavy atom. The molecule has 1 aromatic heterocycles. The normalized spacial score (nSPS) is 10.1. The molecule has 1 amide bonds. The maximum atomic E-state index is 11.9. The number of aryl methyl sites for hydroxylation is 1. The fourth-order valence-electron chi connectivity index (χ4n) is 1.44. The zero-order valence-electron chi connectivity index (χ0n) is 10.7. The van der Waals surface area contributed by atoms with Gasteiger partial charge in [-0.15, -0.1) is 11.3 Å². The fraction of sp³-hybridized carbons (Fsp3) is 0.500. The number of hydrogen-bond donors (Lipinski definition) is 0. The van der Waals surface area contributed by atoms with Crippen LogP contribution < -0.4 is 0 Å². The number of nitrogens with zero attached hydrogens (tertiary/aromatic N) is 2. The molecular weight excluding hydrogens is 220 g/mol. The van der Waals surface area contributed by atoms with Crippen molar-refractivity contribution in [2.24, 2.45) is 4.99 Å². The van der Waals surface area contributed by atoms with E-state index in [1.165, 1.54) is 11.3 Å². The highest BCUT2D eigenvalue weighted by molar-refractivity contribution is 7.14. The number of rotatable bonds is 2. The minimum atomic E-state index is 0.0563. The molecule has 0 saturated carbocycles. The van der Waals surface area contributed by atoms with Gasteiger partial charge in [-0.1, -0.05) is 0 Å². The van der Waals surface area contributed by atoms with Gasteiger partial charge in [-0.2, -0.15) is 0 Å². The zero-order chi connectivity index (χ0) is 12.5. The Balaban J connectivity index is 3.27. The van der Waals surface area contributed by atoms with Crippen molar-refractivity contribution >= 4 is 28.6 Å². The van der Waals surface area contributed by atoms with Crippen molar-refractivity contribution in [1.82, 2.24) is 4.90 Å². The predicted octanol–water partition coefficient (Wildman–Crippen LogP) is 3.18. The molecule has 0 aromatic carbocycles. The summed E-state index contributed by atoms with van der Waals surface area (Å²) in [7, 11) is 3.54. The third-order valence-corrected chi connectivity index (χ3v) is 3.40. The standard InChI is InChI=1S/C12H18N2OS/c1-7(2)13-10-8(3)11(16-9(10)4)12(15)14(5)6/h1-6H3.